The summed E-state index contributed by atoms with van der Waals surface area (Å²) >= 11 is 0. The summed E-state index contributed by atoms with van der Waals surface area (Å²) in [6.07, 6.45) is 1.96. The van der Waals surface area contributed by atoms with Crippen molar-refractivity contribution in [1.29, 1.82) is 0 Å². The van der Waals surface area contributed by atoms with Gasteiger partial charge in [0.1, 0.15) is 5.75 Å². The molecule has 0 saturated carbocycles. The number of aromatic hydroxyl groups is 1. The number of carbonyl (C=O) groups excluding carboxylic acids is 1. The van der Waals surface area contributed by atoms with Crippen molar-refractivity contribution in [3.05, 3.63) is 71.8 Å². The minimum absolute atomic E-state index is 0.159. The average Bonchev–Trinajstić information content (AvgIpc) is 2.48. The molecule has 1 unspecified atom stereocenters. The molecule has 1 atom stereocenters. The van der Waals surface area contributed by atoms with Crippen molar-refractivity contribution in [3.8, 4) is 5.75 Å². The Kier molecular flexibility index (Phi) is 3.13. The maximum absolute atomic E-state index is 11.8. The smallest absolute Gasteiger partial charge is 0.319 e. The summed E-state index contributed by atoms with van der Waals surface area (Å²) in [6.45, 7) is 0. The second-order valence-corrected chi connectivity index (χ2v) is 4.61. The third-order valence-corrected chi connectivity index (χ3v) is 3.21. The lowest BCUT2D eigenvalue weighted by Gasteiger charge is -2.24. The van der Waals surface area contributed by atoms with Gasteiger partial charge >= 0.3 is 6.03 Å². The van der Waals surface area contributed by atoms with Crippen LogP contribution in [0.15, 0.2) is 60.7 Å². The monoisotopic (exact) mass is 266 g/mol. The Hall–Kier alpha value is -2.75. The van der Waals surface area contributed by atoms with Crippen LogP contribution in [0, 0.1) is 0 Å². The molecular weight excluding hydrogens is 252 g/mol. The standard InChI is InChI=1S/C16H14N2O2/c19-13-8-6-12(7-9-13)15-10-14(17-16(20)18-15)11-4-2-1-3-5-11/h1-10,14,19H,(H2,17,18,20). The first-order chi connectivity index (χ1) is 9.72. The lowest BCUT2D eigenvalue weighted by atomic mass is 10.0. The number of benzene rings is 2. The molecular formula is C16H14N2O2. The van der Waals surface area contributed by atoms with Crippen LogP contribution in [0.4, 0.5) is 4.79 Å². The highest BCUT2D eigenvalue weighted by Crippen LogP contribution is 2.24. The maximum Gasteiger partial charge on any atom is 0.319 e. The predicted octanol–water partition coefficient (Wildman–Crippen LogP) is 2.79. The van der Waals surface area contributed by atoms with Gasteiger partial charge in [-0.3, -0.25) is 0 Å². The molecule has 0 fully saturated rings. The predicted molar refractivity (Wildman–Crippen MR) is 76.9 cm³/mol. The highest BCUT2D eigenvalue weighted by atomic mass is 16.3. The van der Waals surface area contributed by atoms with Crippen molar-refractivity contribution in [2.75, 3.05) is 0 Å². The van der Waals surface area contributed by atoms with Crippen molar-refractivity contribution in [1.82, 2.24) is 10.6 Å². The number of rotatable bonds is 2. The highest BCUT2D eigenvalue weighted by molar-refractivity contribution is 5.88. The molecule has 0 aromatic heterocycles. The van der Waals surface area contributed by atoms with E-state index in [1.807, 2.05) is 36.4 Å². The normalized spacial score (nSPS) is 17.9. The zero-order chi connectivity index (χ0) is 13.9. The third-order valence-electron chi connectivity index (χ3n) is 3.21. The van der Waals surface area contributed by atoms with Gasteiger partial charge in [-0.15, -0.1) is 0 Å². The number of carbonyl (C=O) groups is 1. The molecule has 1 aliphatic heterocycles. The van der Waals surface area contributed by atoms with Crippen LogP contribution in [0.2, 0.25) is 0 Å². The molecule has 3 rings (SSSR count). The second-order valence-electron chi connectivity index (χ2n) is 4.61. The fourth-order valence-electron chi connectivity index (χ4n) is 2.20. The molecule has 3 N–H and O–H groups in total. The Labute approximate surface area is 116 Å². The number of nitrogens with one attached hydrogen (secondary N) is 2. The van der Waals surface area contributed by atoms with E-state index in [0.29, 0.717) is 0 Å². The van der Waals surface area contributed by atoms with Gasteiger partial charge in [-0.1, -0.05) is 30.3 Å². The van der Waals surface area contributed by atoms with Gasteiger partial charge in [0, 0.05) is 5.70 Å². The molecule has 20 heavy (non-hydrogen) atoms. The number of phenols is 1. The molecule has 2 aromatic carbocycles. The summed E-state index contributed by atoms with van der Waals surface area (Å²) in [6, 6.07) is 16.1. The van der Waals surface area contributed by atoms with Crippen LogP contribution in [0.5, 0.6) is 5.75 Å². The number of phenolic OH excluding ortho intramolecular Hbond substituents is 1. The third kappa shape index (κ3) is 2.49. The van der Waals surface area contributed by atoms with E-state index < -0.39 is 0 Å². The molecule has 0 saturated heterocycles. The van der Waals surface area contributed by atoms with Gasteiger partial charge in [-0.25, -0.2) is 4.79 Å². The first kappa shape index (κ1) is 12.3. The molecule has 4 heteroatoms. The van der Waals surface area contributed by atoms with Gasteiger partial charge in [0.15, 0.2) is 0 Å². The number of hydrogen-bond acceptors (Lipinski definition) is 2. The Morgan fingerprint density at radius 3 is 2.35 bits per heavy atom. The number of urea groups is 1. The Morgan fingerprint density at radius 2 is 1.65 bits per heavy atom. The Balaban J connectivity index is 1.96. The SMILES string of the molecule is O=C1NC(c2ccc(O)cc2)=CC(c2ccccc2)N1. The summed E-state index contributed by atoms with van der Waals surface area (Å²) in [5.41, 5.74) is 2.62. The number of amides is 2. The maximum atomic E-state index is 11.8. The van der Waals surface area contributed by atoms with Crippen LogP contribution in [0.25, 0.3) is 5.70 Å². The first-order valence-electron chi connectivity index (χ1n) is 6.36. The quantitative estimate of drug-likeness (QED) is 0.782. The van der Waals surface area contributed by atoms with Crippen LogP contribution in [-0.4, -0.2) is 11.1 Å². The fourth-order valence-corrected chi connectivity index (χ4v) is 2.20. The van der Waals surface area contributed by atoms with Crippen molar-refractivity contribution >= 4 is 11.7 Å². The zero-order valence-corrected chi connectivity index (χ0v) is 10.7. The molecule has 0 aliphatic carbocycles. The van der Waals surface area contributed by atoms with E-state index in [4.69, 9.17) is 0 Å². The lowest BCUT2D eigenvalue weighted by Crippen LogP contribution is -2.40. The van der Waals surface area contributed by atoms with E-state index in [1.54, 1.807) is 24.3 Å². The van der Waals surface area contributed by atoms with Gasteiger partial charge in [-0.2, -0.15) is 0 Å². The highest BCUT2D eigenvalue weighted by Gasteiger charge is 2.20. The van der Waals surface area contributed by atoms with E-state index >= 15 is 0 Å². The molecule has 4 nitrogen and oxygen atoms in total. The van der Waals surface area contributed by atoms with Crippen molar-refractivity contribution in [2.45, 2.75) is 6.04 Å². The molecule has 100 valence electrons. The van der Waals surface area contributed by atoms with Gasteiger partial charge < -0.3 is 15.7 Å². The van der Waals surface area contributed by atoms with Crippen LogP contribution in [0.1, 0.15) is 17.2 Å². The summed E-state index contributed by atoms with van der Waals surface area (Å²) in [7, 11) is 0. The van der Waals surface area contributed by atoms with Gasteiger partial charge in [0.05, 0.1) is 6.04 Å². The first-order valence-corrected chi connectivity index (χ1v) is 6.36. The summed E-state index contributed by atoms with van der Waals surface area (Å²) in [4.78, 5) is 11.8. The van der Waals surface area contributed by atoms with Crippen LogP contribution >= 0.6 is 0 Å². The van der Waals surface area contributed by atoms with E-state index in [0.717, 1.165) is 16.8 Å². The zero-order valence-electron chi connectivity index (χ0n) is 10.7. The van der Waals surface area contributed by atoms with E-state index in [2.05, 4.69) is 10.6 Å². The summed E-state index contributed by atoms with van der Waals surface area (Å²) < 4.78 is 0. The van der Waals surface area contributed by atoms with E-state index in [-0.39, 0.29) is 17.8 Å². The largest absolute Gasteiger partial charge is 0.508 e. The topological polar surface area (TPSA) is 61.4 Å². The van der Waals surface area contributed by atoms with E-state index in [9.17, 15) is 9.90 Å². The van der Waals surface area contributed by atoms with Crippen molar-refractivity contribution in [3.63, 3.8) is 0 Å². The average molecular weight is 266 g/mol. The minimum atomic E-state index is -0.232. The minimum Gasteiger partial charge on any atom is -0.508 e. The van der Waals surface area contributed by atoms with E-state index in [1.165, 1.54) is 0 Å². The Morgan fingerprint density at radius 1 is 0.950 bits per heavy atom. The summed E-state index contributed by atoms with van der Waals surface area (Å²) in [5, 5.41) is 15.0. The molecule has 1 heterocycles. The fraction of sp³-hybridized carbons (Fsp3) is 0.0625. The molecule has 1 aliphatic rings. The summed E-state index contributed by atoms with van der Waals surface area (Å²) in [5.74, 6) is 0.203. The van der Waals surface area contributed by atoms with Gasteiger partial charge in [-0.05, 0) is 41.5 Å². The molecule has 2 amide bonds. The van der Waals surface area contributed by atoms with Gasteiger partial charge in [0.2, 0.25) is 0 Å². The van der Waals surface area contributed by atoms with Crippen LogP contribution in [0.3, 0.4) is 0 Å². The molecule has 2 aromatic rings. The van der Waals surface area contributed by atoms with Crippen molar-refractivity contribution in [2.24, 2.45) is 0 Å². The van der Waals surface area contributed by atoms with Crippen LogP contribution in [-0.2, 0) is 0 Å². The molecule has 0 bridgehead atoms. The lowest BCUT2D eigenvalue weighted by molar-refractivity contribution is 0.241. The van der Waals surface area contributed by atoms with Gasteiger partial charge in [0.25, 0.3) is 0 Å². The van der Waals surface area contributed by atoms with Crippen LogP contribution < -0.4 is 10.6 Å². The molecule has 0 radical (unpaired) electrons. The number of hydrogen-bond donors (Lipinski definition) is 3. The molecule has 0 spiro atoms. The van der Waals surface area contributed by atoms with Crippen molar-refractivity contribution < 1.29 is 9.90 Å². The second kappa shape index (κ2) is 5.09. The Bertz CT molecular complexity index is 648.